The normalized spacial score (nSPS) is 10.6. The van der Waals surface area contributed by atoms with Gasteiger partial charge in [-0.05, 0) is 18.6 Å². The van der Waals surface area contributed by atoms with E-state index in [0.717, 1.165) is 22.4 Å². The van der Waals surface area contributed by atoms with Gasteiger partial charge in [-0.1, -0.05) is 18.2 Å². The first kappa shape index (κ1) is 9.77. The van der Waals surface area contributed by atoms with Gasteiger partial charge in [0.15, 0.2) is 17.0 Å². The lowest BCUT2D eigenvalue weighted by atomic mass is 10.2. The molecule has 0 aliphatic heterocycles. The molecule has 0 fully saturated rings. The van der Waals surface area contributed by atoms with E-state index in [1.54, 1.807) is 6.33 Å². The lowest BCUT2D eigenvalue weighted by Gasteiger charge is -2.08. The van der Waals surface area contributed by atoms with Crippen LogP contribution in [0, 0.1) is 6.92 Å². The zero-order valence-electron chi connectivity index (χ0n) is 9.31. The lowest BCUT2D eigenvalue weighted by molar-refractivity contribution is 1.19. The molecule has 0 bridgehead atoms. The van der Waals surface area contributed by atoms with Crippen molar-refractivity contribution >= 4 is 22.7 Å². The molecule has 5 heteroatoms. The van der Waals surface area contributed by atoms with Crippen molar-refractivity contribution < 1.29 is 0 Å². The number of nitrogens with zero attached hydrogens (tertiary/aromatic N) is 3. The average Bonchev–Trinajstić information content (AvgIpc) is 2.81. The molecule has 0 saturated carbocycles. The molecule has 2 aromatic heterocycles. The maximum absolute atomic E-state index is 4.21. The Labute approximate surface area is 98.0 Å². The van der Waals surface area contributed by atoms with Crippen LogP contribution in [0.25, 0.3) is 11.2 Å². The van der Waals surface area contributed by atoms with E-state index in [2.05, 4.69) is 25.3 Å². The number of fused-ring (bicyclic) bond motifs is 1. The topological polar surface area (TPSA) is 66.5 Å². The third-order valence-corrected chi connectivity index (χ3v) is 2.62. The van der Waals surface area contributed by atoms with Crippen molar-refractivity contribution in [3.63, 3.8) is 0 Å². The average molecular weight is 225 g/mol. The van der Waals surface area contributed by atoms with Gasteiger partial charge in [0.05, 0.1) is 6.33 Å². The summed E-state index contributed by atoms with van der Waals surface area (Å²) < 4.78 is 0. The van der Waals surface area contributed by atoms with Crippen LogP contribution in [0.5, 0.6) is 0 Å². The first-order chi connectivity index (χ1) is 8.34. The molecule has 84 valence electrons. The Balaban J connectivity index is 2.06. The van der Waals surface area contributed by atoms with Crippen molar-refractivity contribution in [2.45, 2.75) is 6.92 Å². The number of nitrogens with one attached hydrogen (secondary N) is 2. The van der Waals surface area contributed by atoms with Gasteiger partial charge in [0, 0.05) is 5.69 Å². The van der Waals surface area contributed by atoms with Gasteiger partial charge in [0.1, 0.15) is 6.33 Å². The fourth-order valence-corrected chi connectivity index (χ4v) is 1.70. The number of aromatic nitrogens is 4. The molecule has 0 saturated heterocycles. The van der Waals surface area contributed by atoms with Crippen LogP contribution >= 0.6 is 0 Å². The van der Waals surface area contributed by atoms with Gasteiger partial charge >= 0.3 is 0 Å². The maximum Gasteiger partial charge on any atom is 0.162 e. The molecular weight excluding hydrogens is 214 g/mol. The summed E-state index contributed by atoms with van der Waals surface area (Å²) in [5.74, 6) is 0.713. The summed E-state index contributed by atoms with van der Waals surface area (Å²) in [5, 5.41) is 3.27. The predicted octanol–water partition coefficient (Wildman–Crippen LogP) is 2.40. The molecule has 1 aromatic carbocycles. The summed E-state index contributed by atoms with van der Waals surface area (Å²) in [6.07, 6.45) is 3.13. The van der Waals surface area contributed by atoms with Crippen LogP contribution in [0.15, 0.2) is 36.9 Å². The molecule has 0 amide bonds. The molecule has 3 rings (SSSR count). The second-order valence-electron chi connectivity index (χ2n) is 3.76. The number of imidazole rings is 1. The van der Waals surface area contributed by atoms with Crippen molar-refractivity contribution in [1.82, 2.24) is 19.9 Å². The summed E-state index contributed by atoms with van der Waals surface area (Å²) in [5.41, 5.74) is 3.66. The van der Waals surface area contributed by atoms with Gasteiger partial charge in [-0.3, -0.25) is 0 Å². The van der Waals surface area contributed by atoms with Gasteiger partial charge in [0.25, 0.3) is 0 Å². The number of rotatable bonds is 2. The maximum atomic E-state index is 4.21. The number of hydrogen-bond acceptors (Lipinski definition) is 4. The number of H-pyrrole nitrogens is 1. The highest BCUT2D eigenvalue weighted by Gasteiger charge is 2.06. The molecule has 2 heterocycles. The van der Waals surface area contributed by atoms with Gasteiger partial charge < -0.3 is 10.3 Å². The van der Waals surface area contributed by atoms with E-state index in [9.17, 15) is 0 Å². The Morgan fingerprint density at radius 2 is 2.00 bits per heavy atom. The lowest BCUT2D eigenvalue weighted by Crippen LogP contribution is -1.97. The van der Waals surface area contributed by atoms with E-state index in [1.807, 2.05) is 31.2 Å². The van der Waals surface area contributed by atoms with Crippen LogP contribution in [0.1, 0.15) is 5.56 Å². The quantitative estimate of drug-likeness (QED) is 0.702. The summed E-state index contributed by atoms with van der Waals surface area (Å²) in [6.45, 7) is 2.05. The number of benzene rings is 1. The first-order valence-electron chi connectivity index (χ1n) is 5.31. The Hall–Kier alpha value is -2.43. The Kier molecular flexibility index (Phi) is 2.22. The molecular formula is C12H11N5. The fourth-order valence-electron chi connectivity index (χ4n) is 1.70. The zero-order valence-corrected chi connectivity index (χ0v) is 9.31. The Morgan fingerprint density at radius 1 is 1.12 bits per heavy atom. The first-order valence-corrected chi connectivity index (χ1v) is 5.31. The molecule has 0 aliphatic rings. The minimum atomic E-state index is 0.713. The number of para-hydroxylation sites is 1. The summed E-state index contributed by atoms with van der Waals surface area (Å²) in [7, 11) is 0. The van der Waals surface area contributed by atoms with E-state index in [4.69, 9.17) is 0 Å². The van der Waals surface area contributed by atoms with Crippen molar-refractivity contribution in [3.8, 4) is 0 Å². The largest absolute Gasteiger partial charge is 0.338 e. The second kappa shape index (κ2) is 3.86. The number of anilines is 2. The molecule has 0 aliphatic carbocycles. The molecule has 0 unspecified atom stereocenters. The molecule has 0 spiro atoms. The SMILES string of the molecule is Cc1ccccc1Nc1ncnc2[nH]cnc12. The fraction of sp³-hybridized carbons (Fsp3) is 0.0833. The molecule has 5 nitrogen and oxygen atoms in total. The van der Waals surface area contributed by atoms with Gasteiger partial charge in [0.2, 0.25) is 0 Å². The second-order valence-corrected chi connectivity index (χ2v) is 3.76. The van der Waals surface area contributed by atoms with Crippen LogP contribution in [-0.4, -0.2) is 19.9 Å². The van der Waals surface area contributed by atoms with Crippen molar-refractivity contribution in [3.05, 3.63) is 42.5 Å². The monoisotopic (exact) mass is 225 g/mol. The number of aryl methyl sites for hydroxylation is 1. The molecule has 3 aromatic rings. The van der Waals surface area contributed by atoms with Crippen LogP contribution in [-0.2, 0) is 0 Å². The number of aromatic amines is 1. The standard InChI is InChI=1S/C12H11N5/c1-8-4-2-3-5-9(8)17-12-10-11(14-6-13-10)15-7-16-12/h2-7H,1H3,(H2,13,14,15,16,17). The zero-order chi connectivity index (χ0) is 11.7. The smallest absolute Gasteiger partial charge is 0.162 e. The van der Waals surface area contributed by atoms with Crippen LogP contribution in [0.4, 0.5) is 11.5 Å². The van der Waals surface area contributed by atoms with E-state index in [-0.39, 0.29) is 0 Å². The molecule has 0 radical (unpaired) electrons. The highest BCUT2D eigenvalue weighted by Crippen LogP contribution is 2.22. The van der Waals surface area contributed by atoms with E-state index < -0.39 is 0 Å². The summed E-state index contributed by atoms with van der Waals surface area (Å²) in [4.78, 5) is 15.5. The molecule has 17 heavy (non-hydrogen) atoms. The highest BCUT2D eigenvalue weighted by atomic mass is 15.1. The van der Waals surface area contributed by atoms with Crippen molar-refractivity contribution in [2.75, 3.05) is 5.32 Å². The highest BCUT2D eigenvalue weighted by molar-refractivity contribution is 5.84. The molecule has 2 N–H and O–H groups in total. The predicted molar refractivity (Wildman–Crippen MR) is 66.1 cm³/mol. The third-order valence-electron chi connectivity index (χ3n) is 2.62. The van der Waals surface area contributed by atoms with E-state index in [1.165, 1.54) is 6.33 Å². The number of hydrogen-bond donors (Lipinski definition) is 2. The summed E-state index contributed by atoms with van der Waals surface area (Å²) in [6, 6.07) is 8.05. The van der Waals surface area contributed by atoms with Crippen molar-refractivity contribution in [2.24, 2.45) is 0 Å². The van der Waals surface area contributed by atoms with Crippen LogP contribution in [0.3, 0.4) is 0 Å². The van der Waals surface area contributed by atoms with Crippen molar-refractivity contribution in [1.29, 1.82) is 0 Å². The third kappa shape index (κ3) is 1.71. The Bertz CT molecular complexity index is 659. The van der Waals surface area contributed by atoms with E-state index in [0.29, 0.717) is 5.82 Å². The van der Waals surface area contributed by atoms with E-state index >= 15 is 0 Å². The molecule has 0 atom stereocenters. The Morgan fingerprint density at radius 3 is 2.88 bits per heavy atom. The van der Waals surface area contributed by atoms with Crippen LogP contribution in [0.2, 0.25) is 0 Å². The van der Waals surface area contributed by atoms with Crippen LogP contribution < -0.4 is 5.32 Å². The van der Waals surface area contributed by atoms with Gasteiger partial charge in [-0.15, -0.1) is 0 Å². The summed E-state index contributed by atoms with van der Waals surface area (Å²) >= 11 is 0. The minimum Gasteiger partial charge on any atom is -0.338 e. The van der Waals surface area contributed by atoms with Gasteiger partial charge in [-0.2, -0.15) is 0 Å². The van der Waals surface area contributed by atoms with Gasteiger partial charge in [-0.25, -0.2) is 15.0 Å². The minimum absolute atomic E-state index is 0.713.